The van der Waals surface area contributed by atoms with Crippen LogP contribution in [-0.4, -0.2) is 12.0 Å². The van der Waals surface area contributed by atoms with Crippen molar-refractivity contribution < 1.29 is 9.53 Å². The minimum absolute atomic E-state index is 0.149. The van der Waals surface area contributed by atoms with Crippen LogP contribution in [0, 0.1) is 0 Å². The van der Waals surface area contributed by atoms with E-state index in [-0.39, 0.29) is 5.91 Å². The van der Waals surface area contributed by atoms with Gasteiger partial charge >= 0.3 is 0 Å². The lowest BCUT2D eigenvalue weighted by molar-refractivity contribution is -0.128. The first-order valence-electron chi connectivity index (χ1n) is 9.00. The number of ether oxygens (including phenoxy) is 1. The van der Waals surface area contributed by atoms with Crippen molar-refractivity contribution in [3.8, 4) is 16.9 Å². The van der Waals surface area contributed by atoms with E-state index < -0.39 is 6.10 Å². The maximum absolute atomic E-state index is 12.5. The van der Waals surface area contributed by atoms with Crippen molar-refractivity contribution in [1.29, 1.82) is 0 Å². The van der Waals surface area contributed by atoms with Crippen LogP contribution in [0.3, 0.4) is 0 Å². The van der Waals surface area contributed by atoms with Crippen LogP contribution in [0.1, 0.15) is 18.9 Å². The standard InChI is InChI=1S/C23H22ClNO2/c1-2-22(23(26)25-16-19-10-6-7-11-21(19)24)27-20-14-12-18(13-15-20)17-8-4-3-5-9-17/h3-15,22H,2,16H2,1H3,(H,25,26). The van der Waals surface area contributed by atoms with Gasteiger partial charge in [-0.3, -0.25) is 4.79 Å². The zero-order valence-corrected chi connectivity index (χ0v) is 15.9. The molecule has 1 unspecified atom stereocenters. The molecule has 0 aliphatic carbocycles. The minimum atomic E-state index is -0.546. The van der Waals surface area contributed by atoms with Gasteiger partial charge in [0.1, 0.15) is 5.75 Å². The molecule has 4 heteroatoms. The quantitative estimate of drug-likeness (QED) is 0.590. The number of carbonyl (C=O) groups excluding carboxylic acids is 1. The van der Waals surface area contributed by atoms with Crippen LogP contribution in [0.4, 0.5) is 0 Å². The lowest BCUT2D eigenvalue weighted by Crippen LogP contribution is -2.37. The molecule has 0 aliphatic heterocycles. The Bertz CT molecular complexity index is 878. The molecule has 0 bridgehead atoms. The van der Waals surface area contributed by atoms with E-state index in [2.05, 4.69) is 17.4 Å². The largest absolute Gasteiger partial charge is 0.481 e. The summed E-state index contributed by atoms with van der Waals surface area (Å²) in [4.78, 5) is 12.5. The maximum atomic E-state index is 12.5. The molecule has 0 saturated carbocycles. The van der Waals surface area contributed by atoms with Gasteiger partial charge in [-0.05, 0) is 41.3 Å². The second-order valence-corrected chi connectivity index (χ2v) is 6.62. The van der Waals surface area contributed by atoms with Gasteiger partial charge < -0.3 is 10.1 Å². The third-order valence-corrected chi connectivity index (χ3v) is 4.68. The third-order valence-electron chi connectivity index (χ3n) is 4.31. The maximum Gasteiger partial charge on any atom is 0.261 e. The molecule has 1 N–H and O–H groups in total. The molecular formula is C23H22ClNO2. The summed E-state index contributed by atoms with van der Waals surface area (Å²) in [5, 5.41) is 3.54. The molecule has 0 fully saturated rings. The van der Waals surface area contributed by atoms with E-state index in [1.165, 1.54) is 0 Å². The fourth-order valence-corrected chi connectivity index (χ4v) is 2.98. The van der Waals surface area contributed by atoms with E-state index in [9.17, 15) is 4.79 Å². The minimum Gasteiger partial charge on any atom is -0.481 e. The molecule has 0 saturated heterocycles. The van der Waals surface area contributed by atoms with Crippen LogP contribution in [0.25, 0.3) is 11.1 Å². The Kier molecular flexibility index (Phi) is 6.50. The topological polar surface area (TPSA) is 38.3 Å². The summed E-state index contributed by atoms with van der Waals surface area (Å²) < 4.78 is 5.89. The van der Waals surface area contributed by atoms with Gasteiger partial charge in [-0.15, -0.1) is 0 Å². The van der Waals surface area contributed by atoms with Crippen LogP contribution in [0.15, 0.2) is 78.9 Å². The smallest absolute Gasteiger partial charge is 0.261 e. The first-order chi connectivity index (χ1) is 13.2. The van der Waals surface area contributed by atoms with E-state index in [0.717, 1.165) is 16.7 Å². The lowest BCUT2D eigenvalue weighted by Gasteiger charge is -2.18. The van der Waals surface area contributed by atoms with Crippen molar-refractivity contribution in [2.45, 2.75) is 26.0 Å². The zero-order valence-electron chi connectivity index (χ0n) is 15.2. The number of rotatable bonds is 7. The number of nitrogens with one attached hydrogen (secondary N) is 1. The van der Waals surface area contributed by atoms with Crippen molar-refractivity contribution in [2.24, 2.45) is 0 Å². The van der Waals surface area contributed by atoms with E-state index in [1.54, 1.807) is 0 Å². The van der Waals surface area contributed by atoms with Crippen LogP contribution in [0.5, 0.6) is 5.75 Å². The Balaban J connectivity index is 1.61. The molecule has 3 aromatic rings. The van der Waals surface area contributed by atoms with Crippen molar-refractivity contribution in [3.05, 3.63) is 89.4 Å². The Morgan fingerprint density at radius 3 is 2.22 bits per heavy atom. The Morgan fingerprint density at radius 1 is 0.926 bits per heavy atom. The average Bonchev–Trinajstić information content (AvgIpc) is 2.72. The van der Waals surface area contributed by atoms with Crippen molar-refractivity contribution >= 4 is 17.5 Å². The normalized spacial score (nSPS) is 11.6. The molecule has 0 radical (unpaired) electrons. The fraction of sp³-hybridized carbons (Fsp3) is 0.174. The van der Waals surface area contributed by atoms with Gasteiger partial charge in [0.05, 0.1) is 0 Å². The molecule has 3 aromatic carbocycles. The highest BCUT2D eigenvalue weighted by Gasteiger charge is 2.18. The van der Waals surface area contributed by atoms with Gasteiger partial charge in [0.15, 0.2) is 6.10 Å². The van der Waals surface area contributed by atoms with Crippen molar-refractivity contribution in [2.75, 3.05) is 0 Å². The number of hydrogen-bond donors (Lipinski definition) is 1. The summed E-state index contributed by atoms with van der Waals surface area (Å²) >= 11 is 6.13. The molecule has 1 amide bonds. The molecule has 138 valence electrons. The number of hydrogen-bond acceptors (Lipinski definition) is 2. The summed E-state index contributed by atoms with van der Waals surface area (Å²) in [5.41, 5.74) is 3.14. The monoisotopic (exact) mass is 379 g/mol. The number of amides is 1. The fourth-order valence-electron chi connectivity index (χ4n) is 2.78. The van der Waals surface area contributed by atoms with Gasteiger partial charge in [0, 0.05) is 11.6 Å². The van der Waals surface area contributed by atoms with Gasteiger partial charge in [-0.25, -0.2) is 0 Å². The van der Waals surface area contributed by atoms with Gasteiger partial charge in [-0.1, -0.05) is 79.2 Å². The first-order valence-corrected chi connectivity index (χ1v) is 9.38. The highest BCUT2D eigenvalue weighted by Crippen LogP contribution is 2.23. The predicted molar refractivity (Wildman–Crippen MR) is 110 cm³/mol. The average molecular weight is 380 g/mol. The molecule has 27 heavy (non-hydrogen) atoms. The molecule has 3 rings (SSSR count). The van der Waals surface area contributed by atoms with E-state index in [4.69, 9.17) is 16.3 Å². The molecule has 0 spiro atoms. The summed E-state index contributed by atoms with van der Waals surface area (Å²) in [7, 11) is 0. The highest BCUT2D eigenvalue weighted by atomic mass is 35.5. The second-order valence-electron chi connectivity index (χ2n) is 6.21. The van der Waals surface area contributed by atoms with Crippen LogP contribution < -0.4 is 10.1 Å². The van der Waals surface area contributed by atoms with Crippen LogP contribution >= 0.6 is 11.6 Å². The highest BCUT2D eigenvalue weighted by molar-refractivity contribution is 6.31. The molecule has 1 atom stereocenters. The van der Waals surface area contributed by atoms with Crippen molar-refractivity contribution in [1.82, 2.24) is 5.32 Å². The number of carbonyl (C=O) groups is 1. The summed E-state index contributed by atoms with van der Waals surface area (Å²) in [5.74, 6) is 0.527. The van der Waals surface area contributed by atoms with Crippen LogP contribution in [0.2, 0.25) is 5.02 Å². The molecule has 0 heterocycles. The van der Waals surface area contributed by atoms with Crippen LogP contribution in [-0.2, 0) is 11.3 Å². The first kappa shape index (κ1) is 19.0. The summed E-state index contributed by atoms with van der Waals surface area (Å²) in [6.07, 6.45) is 0.0319. The second kappa shape index (κ2) is 9.24. The van der Waals surface area contributed by atoms with Gasteiger partial charge in [0.25, 0.3) is 5.91 Å². The molecular weight excluding hydrogens is 358 g/mol. The number of benzene rings is 3. The summed E-state index contributed by atoms with van der Waals surface area (Å²) in [6, 6.07) is 25.4. The third kappa shape index (κ3) is 5.11. The molecule has 0 aromatic heterocycles. The zero-order chi connectivity index (χ0) is 19.1. The van der Waals surface area contributed by atoms with Crippen molar-refractivity contribution in [3.63, 3.8) is 0 Å². The Morgan fingerprint density at radius 2 is 1.56 bits per heavy atom. The Labute approximate surface area is 164 Å². The SMILES string of the molecule is CCC(Oc1ccc(-c2ccccc2)cc1)C(=O)NCc1ccccc1Cl. The lowest BCUT2D eigenvalue weighted by atomic mass is 10.1. The Hall–Kier alpha value is -2.78. The van der Waals surface area contributed by atoms with Gasteiger partial charge in [-0.2, -0.15) is 0 Å². The summed E-state index contributed by atoms with van der Waals surface area (Å²) in [6.45, 7) is 2.31. The van der Waals surface area contributed by atoms with Gasteiger partial charge in [0.2, 0.25) is 0 Å². The molecule has 0 aliphatic rings. The predicted octanol–water partition coefficient (Wildman–Crippen LogP) is 5.48. The van der Waals surface area contributed by atoms with E-state index in [0.29, 0.717) is 23.7 Å². The number of halogens is 1. The van der Waals surface area contributed by atoms with E-state index >= 15 is 0 Å². The molecule has 3 nitrogen and oxygen atoms in total. The van der Waals surface area contributed by atoms with E-state index in [1.807, 2.05) is 73.7 Å².